The fourth-order valence-electron chi connectivity index (χ4n) is 0.887. The van der Waals surface area contributed by atoms with E-state index < -0.39 is 17.9 Å². The van der Waals surface area contributed by atoms with E-state index in [1.54, 1.807) is 6.20 Å². The van der Waals surface area contributed by atoms with E-state index in [1.165, 1.54) is 18.3 Å². The number of nitrogens with zero attached hydrogens (tertiary/aromatic N) is 1. The lowest BCUT2D eigenvalue weighted by Gasteiger charge is -2.07. The third kappa shape index (κ3) is 3.85. The van der Waals surface area contributed by atoms with Crippen LogP contribution in [0.25, 0.3) is 0 Å². The molecule has 1 unspecified atom stereocenters. The number of nitrogens with one attached hydrogen (secondary N) is 2. The van der Waals surface area contributed by atoms with Crippen LogP contribution in [0.4, 0.5) is 9.93 Å². The van der Waals surface area contributed by atoms with E-state index in [0.29, 0.717) is 5.13 Å². The molecule has 3 N–H and O–H groups in total. The molecule has 0 aliphatic rings. The molecule has 16 heavy (non-hydrogen) atoms. The largest absolute Gasteiger partial charge is 0.481 e. The second-order valence-electron chi connectivity index (χ2n) is 3.35. The molecule has 0 aliphatic carbocycles. The number of hydrogen-bond acceptors (Lipinski definition) is 4. The molecule has 0 fully saturated rings. The lowest BCUT2D eigenvalue weighted by atomic mass is 10.2. The second-order valence-corrected chi connectivity index (χ2v) is 4.59. The van der Waals surface area contributed by atoms with Gasteiger partial charge in [-0.05, 0) is 6.92 Å². The summed E-state index contributed by atoms with van der Waals surface area (Å²) in [5, 5.41) is 14.1. The zero-order chi connectivity index (χ0) is 12.1. The predicted octanol–water partition coefficient (Wildman–Crippen LogP) is 1.29. The Kier molecular flexibility index (Phi) is 4.24. The zero-order valence-corrected chi connectivity index (χ0v) is 9.80. The van der Waals surface area contributed by atoms with Gasteiger partial charge in [-0.15, -0.1) is 11.3 Å². The van der Waals surface area contributed by atoms with E-state index in [1.807, 2.05) is 6.92 Å². The van der Waals surface area contributed by atoms with Crippen molar-refractivity contribution in [3.05, 3.63) is 11.1 Å². The molecule has 7 heteroatoms. The van der Waals surface area contributed by atoms with Crippen molar-refractivity contribution in [2.45, 2.75) is 13.8 Å². The van der Waals surface area contributed by atoms with Crippen LogP contribution in [0.1, 0.15) is 11.8 Å². The molecular weight excluding hydrogens is 230 g/mol. The SMILES string of the molecule is Cc1cnc(NC(=O)NCC(C)C(=O)O)s1. The molecule has 1 atom stereocenters. The van der Waals surface area contributed by atoms with Gasteiger partial charge in [0.05, 0.1) is 5.92 Å². The molecule has 2 amide bonds. The highest BCUT2D eigenvalue weighted by Gasteiger charge is 2.12. The number of hydrogen-bond donors (Lipinski definition) is 3. The highest BCUT2D eigenvalue weighted by atomic mass is 32.1. The number of urea groups is 1. The monoisotopic (exact) mass is 243 g/mol. The number of carboxylic acids is 1. The van der Waals surface area contributed by atoms with Crippen LogP contribution in [0.15, 0.2) is 6.20 Å². The Morgan fingerprint density at radius 3 is 2.81 bits per heavy atom. The van der Waals surface area contributed by atoms with E-state index in [9.17, 15) is 9.59 Å². The third-order valence-corrected chi connectivity index (χ3v) is 2.66. The Hall–Kier alpha value is -1.63. The van der Waals surface area contributed by atoms with Gasteiger partial charge in [0, 0.05) is 17.6 Å². The van der Waals surface area contributed by atoms with Crippen molar-refractivity contribution in [3.8, 4) is 0 Å². The summed E-state index contributed by atoms with van der Waals surface area (Å²) < 4.78 is 0. The van der Waals surface area contributed by atoms with Crippen LogP contribution >= 0.6 is 11.3 Å². The summed E-state index contributed by atoms with van der Waals surface area (Å²) in [5.74, 6) is -1.55. The molecule has 0 aromatic carbocycles. The van der Waals surface area contributed by atoms with Crippen LogP contribution in [-0.4, -0.2) is 28.6 Å². The van der Waals surface area contributed by atoms with Crippen LogP contribution in [0.5, 0.6) is 0 Å². The Balaban J connectivity index is 2.34. The average molecular weight is 243 g/mol. The minimum atomic E-state index is -0.939. The van der Waals surface area contributed by atoms with E-state index in [0.717, 1.165) is 4.88 Å². The topological polar surface area (TPSA) is 91.3 Å². The molecule has 0 radical (unpaired) electrons. The van der Waals surface area contributed by atoms with Crippen LogP contribution < -0.4 is 10.6 Å². The molecule has 0 aliphatic heterocycles. The summed E-state index contributed by atoms with van der Waals surface area (Å²) >= 11 is 1.36. The number of carboxylic acid groups (broad SMARTS) is 1. The van der Waals surface area contributed by atoms with Crippen molar-refractivity contribution in [2.75, 3.05) is 11.9 Å². The van der Waals surface area contributed by atoms with Gasteiger partial charge in [0.1, 0.15) is 0 Å². The minimum absolute atomic E-state index is 0.0888. The second kappa shape index (κ2) is 5.45. The molecular formula is C9H13N3O3S. The number of amides is 2. The molecule has 1 aromatic rings. The average Bonchev–Trinajstić information content (AvgIpc) is 2.60. The molecule has 0 bridgehead atoms. The smallest absolute Gasteiger partial charge is 0.321 e. The van der Waals surface area contributed by atoms with Gasteiger partial charge >= 0.3 is 12.0 Å². The minimum Gasteiger partial charge on any atom is -0.481 e. The Morgan fingerprint density at radius 1 is 1.62 bits per heavy atom. The highest BCUT2D eigenvalue weighted by Crippen LogP contribution is 2.15. The first-order valence-electron chi connectivity index (χ1n) is 4.69. The Bertz CT molecular complexity index is 391. The molecule has 0 saturated carbocycles. The van der Waals surface area contributed by atoms with E-state index >= 15 is 0 Å². The first kappa shape index (κ1) is 12.4. The lowest BCUT2D eigenvalue weighted by molar-refractivity contribution is -0.140. The number of aliphatic carboxylic acids is 1. The summed E-state index contributed by atoms with van der Waals surface area (Å²) in [4.78, 5) is 26.7. The maximum absolute atomic E-state index is 11.3. The van der Waals surface area contributed by atoms with Crippen LogP contribution in [-0.2, 0) is 4.79 Å². The van der Waals surface area contributed by atoms with Crippen LogP contribution in [0, 0.1) is 12.8 Å². The molecule has 6 nitrogen and oxygen atoms in total. The quantitative estimate of drug-likeness (QED) is 0.743. The Labute approximate surface area is 96.7 Å². The van der Waals surface area contributed by atoms with Gasteiger partial charge < -0.3 is 10.4 Å². The number of carbonyl (C=O) groups excluding carboxylic acids is 1. The van der Waals surface area contributed by atoms with Gasteiger partial charge in [0.25, 0.3) is 0 Å². The van der Waals surface area contributed by atoms with Gasteiger partial charge in [0.2, 0.25) is 0 Å². The molecule has 1 heterocycles. The van der Waals surface area contributed by atoms with Crippen LogP contribution in [0.2, 0.25) is 0 Å². The van der Waals surface area contributed by atoms with E-state index in [2.05, 4.69) is 15.6 Å². The summed E-state index contributed by atoms with van der Waals surface area (Å²) in [6.07, 6.45) is 1.65. The first-order chi connectivity index (χ1) is 7.49. The number of anilines is 1. The third-order valence-electron chi connectivity index (χ3n) is 1.83. The van der Waals surface area contributed by atoms with Crippen molar-refractivity contribution in [3.63, 3.8) is 0 Å². The lowest BCUT2D eigenvalue weighted by Crippen LogP contribution is -2.34. The van der Waals surface area contributed by atoms with Gasteiger partial charge in [0.15, 0.2) is 5.13 Å². The standard InChI is InChI=1S/C9H13N3O3S/c1-5(7(13)14)3-10-8(15)12-9-11-4-6(2)16-9/h4-5H,3H2,1-2H3,(H,13,14)(H2,10,11,12,15). The predicted molar refractivity (Wildman–Crippen MR) is 60.7 cm³/mol. The molecule has 0 saturated heterocycles. The summed E-state index contributed by atoms with van der Waals surface area (Å²) in [5.41, 5.74) is 0. The molecule has 1 aromatic heterocycles. The number of aromatic nitrogens is 1. The zero-order valence-electron chi connectivity index (χ0n) is 8.98. The van der Waals surface area contributed by atoms with Gasteiger partial charge in [-0.1, -0.05) is 6.92 Å². The summed E-state index contributed by atoms with van der Waals surface area (Å²) in [6, 6.07) is -0.442. The fourth-order valence-corrected chi connectivity index (χ4v) is 1.55. The Morgan fingerprint density at radius 2 is 2.31 bits per heavy atom. The number of carbonyl (C=O) groups is 2. The van der Waals surface area contributed by atoms with E-state index in [4.69, 9.17) is 5.11 Å². The molecule has 88 valence electrons. The van der Waals surface area contributed by atoms with Gasteiger partial charge in [-0.3, -0.25) is 10.1 Å². The van der Waals surface area contributed by atoms with Gasteiger partial charge in [-0.25, -0.2) is 9.78 Å². The number of aryl methyl sites for hydroxylation is 1. The van der Waals surface area contributed by atoms with Crippen molar-refractivity contribution in [2.24, 2.45) is 5.92 Å². The fraction of sp³-hybridized carbons (Fsp3) is 0.444. The van der Waals surface area contributed by atoms with Crippen molar-refractivity contribution >= 4 is 28.5 Å². The summed E-state index contributed by atoms with van der Waals surface area (Å²) in [6.45, 7) is 3.49. The van der Waals surface area contributed by atoms with E-state index in [-0.39, 0.29) is 6.54 Å². The highest BCUT2D eigenvalue weighted by molar-refractivity contribution is 7.15. The summed E-state index contributed by atoms with van der Waals surface area (Å²) in [7, 11) is 0. The van der Waals surface area contributed by atoms with Crippen molar-refractivity contribution in [1.82, 2.24) is 10.3 Å². The molecule has 1 rings (SSSR count). The van der Waals surface area contributed by atoms with Crippen LogP contribution in [0.3, 0.4) is 0 Å². The van der Waals surface area contributed by atoms with Crippen molar-refractivity contribution < 1.29 is 14.7 Å². The normalized spacial score (nSPS) is 11.9. The van der Waals surface area contributed by atoms with Gasteiger partial charge in [-0.2, -0.15) is 0 Å². The molecule has 0 spiro atoms. The first-order valence-corrected chi connectivity index (χ1v) is 5.50. The maximum Gasteiger partial charge on any atom is 0.321 e. The number of rotatable bonds is 4. The van der Waals surface area contributed by atoms with Crippen molar-refractivity contribution in [1.29, 1.82) is 0 Å². The number of thiazole rings is 1. The maximum atomic E-state index is 11.3.